The third-order valence-corrected chi connectivity index (χ3v) is 9.25. The Hall–Kier alpha value is -4.40. The first-order chi connectivity index (χ1) is 28.9. The van der Waals surface area contributed by atoms with Crippen LogP contribution in [0, 0.1) is 0 Å². The number of esters is 3. The number of rotatable bonds is 31. The monoisotopic (exact) mass is 862 g/mol. The molecule has 0 aliphatic rings. The Morgan fingerprint density at radius 1 is 0.607 bits per heavy atom. The number of nitrogens with zero attached hydrogens (tertiary/aromatic N) is 1. The van der Waals surface area contributed by atoms with Gasteiger partial charge in [-0.15, -0.1) is 0 Å². The number of nitrogens with one attached hydrogen (secondary N) is 4. The molecule has 0 aromatic heterocycles. The van der Waals surface area contributed by atoms with E-state index in [4.69, 9.17) is 18.9 Å². The lowest BCUT2D eigenvalue weighted by Gasteiger charge is -2.25. The smallest absolute Gasteiger partial charge is 0.407 e. The van der Waals surface area contributed by atoms with Gasteiger partial charge in [0, 0.05) is 32.5 Å². The van der Waals surface area contributed by atoms with Crippen molar-refractivity contribution in [1.29, 1.82) is 0 Å². The molecule has 4 amide bonds. The highest BCUT2D eigenvalue weighted by Gasteiger charge is 2.29. The fourth-order valence-electron chi connectivity index (χ4n) is 6.34. The maximum absolute atomic E-state index is 13.0. The quantitative estimate of drug-likeness (QED) is 0.0329. The summed E-state index contributed by atoms with van der Waals surface area (Å²) in [5.41, 5.74) is -0.524. The summed E-state index contributed by atoms with van der Waals surface area (Å²) in [5, 5.41) is 11.0. The van der Waals surface area contributed by atoms with Crippen LogP contribution in [0.15, 0.2) is 30.3 Å². The minimum absolute atomic E-state index is 0.00602. The van der Waals surface area contributed by atoms with Gasteiger partial charge >= 0.3 is 30.0 Å². The number of benzene rings is 1. The van der Waals surface area contributed by atoms with Crippen molar-refractivity contribution in [3.63, 3.8) is 0 Å². The number of ether oxygens (including phenoxy) is 4. The average molecular weight is 862 g/mol. The summed E-state index contributed by atoms with van der Waals surface area (Å²) in [6, 6.07) is 6.73. The van der Waals surface area contributed by atoms with Gasteiger partial charge in [0.05, 0.1) is 6.61 Å². The molecule has 0 aliphatic heterocycles. The molecule has 1 aromatic carbocycles. The van der Waals surface area contributed by atoms with Gasteiger partial charge in [-0.25, -0.2) is 19.2 Å². The molecule has 0 heterocycles. The van der Waals surface area contributed by atoms with Gasteiger partial charge in [0.15, 0.2) is 0 Å². The van der Waals surface area contributed by atoms with Crippen molar-refractivity contribution in [2.24, 2.45) is 0 Å². The summed E-state index contributed by atoms with van der Waals surface area (Å²) in [6.07, 6.45) is 11.1. The molecule has 15 heteroatoms. The highest BCUT2D eigenvalue weighted by Crippen LogP contribution is 2.14. The van der Waals surface area contributed by atoms with Crippen LogP contribution in [-0.2, 0) is 44.7 Å². The van der Waals surface area contributed by atoms with Crippen molar-refractivity contribution in [3.8, 4) is 0 Å². The third kappa shape index (κ3) is 30.3. The van der Waals surface area contributed by atoms with Gasteiger partial charge in [0.1, 0.15) is 29.9 Å². The molecule has 0 spiro atoms. The molecule has 2 atom stereocenters. The van der Waals surface area contributed by atoms with Gasteiger partial charge in [-0.05, 0) is 112 Å². The molecule has 0 saturated carbocycles. The molecular formula is C46H79N5O10. The molecule has 15 nitrogen and oxygen atoms in total. The lowest BCUT2D eigenvalue weighted by atomic mass is 10.1. The molecule has 1 aromatic rings. The lowest BCUT2D eigenvalue weighted by molar-refractivity contribution is -0.157. The first-order valence-corrected chi connectivity index (χ1v) is 22.5. The molecule has 0 bridgehead atoms. The maximum atomic E-state index is 13.0. The Morgan fingerprint density at radius 3 is 1.82 bits per heavy atom. The Balaban J connectivity index is 2.30. The number of urea groups is 1. The lowest BCUT2D eigenvalue weighted by Crippen LogP contribution is -2.52. The van der Waals surface area contributed by atoms with Gasteiger partial charge in [0.25, 0.3) is 0 Å². The van der Waals surface area contributed by atoms with E-state index in [-0.39, 0.29) is 44.5 Å². The molecule has 0 unspecified atom stereocenters. The van der Waals surface area contributed by atoms with Crippen molar-refractivity contribution in [3.05, 3.63) is 35.9 Å². The Kier molecular flexibility index (Phi) is 28.2. The normalized spacial score (nSPS) is 12.5. The molecule has 0 radical (unpaired) electrons. The van der Waals surface area contributed by atoms with Crippen LogP contribution in [0.25, 0.3) is 0 Å². The van der Waals surface area contributed by atoms with E-state index in [2.05, 4.69) is 33.1 Å². The predicted octanol–water partition coefficient (Wildman–Crippen LogP) is 7.49. The molecule has 0 saturated heterocycles. The van der Waals surface area contributed by atoms with Crippen molar-refractivity contribution < 1.29 is 47.7 Å². The topological polar surface area (TPSA) is 191 Å². The van der Waals surface area contributed by atoms with Crippen molar-refractivity contribution in [1.82, 2.24) is 26.2 Å². The number of hydrogen-bond acceptors (Lipinski definition) is 11. The minimum atomic E-state index is -1.13. The number of amides is 4. The number of unbranched alkanes of at least 4 members (excludes halogenated alkanes) is 8. The van der Waals surface area contributed by atoms with E-state index in [9.17, 15) is 28.8 Å². The van der Waals surface area contributed by atoms with Crippen molar-refractivity contribution in [2.45, 2.75) is 182 Å². The van der Waals surface area contributed by atoms with E-state index in [0.717, 1.165) is 63.7 Å². The highest BCUT2D eigenvalue weighted by molar-refractivity contribution is 5.87. The van der Waals surface area contributed by atoms with E-state index in [0.29, 0.717) is 32.4 Å². The minimum Gasteiger partial charge on any atom is -0.464 e. The largest absolute Gasteiger partial charge is 0.464 e. The maximum Gasteiger partial charge on any atom is 0.407 e. The van der Waals surface area contributed by atoms with Crippen LogP contribution in [0.3, 0.4) is 0 Å². The highest BCUT2D eigenvalue weighted by atomic mass is 16.6. The van der Waals surface area contributed by atoms with Crippen molar-refractivity contribution >= 4 is 35.9 Å². The van der Waals surface area contributed by atoms with E-state index in [1.807, 2.05) is 30.3 Å². The fourth-order valence-corrected chi connectivity index (χ4v) is 6.34. The van der Waals surface area contributed by atoms with Crippen LogP contribution in [0.2, 0.25) is 0 Å². The first-order valence-electron chi connectivity index (χ1n) is 22.5. The number of alkyl carbamates (subject to hydrolysis) is 1. The second kappa shape index (κ2) is 31.4. The summed E-state index contributed by atoms with van der Waals surface area (Å²) >= 11 is 0. The first kappa shape index (κ1) is 54.6. The van der Waals surface area contributed by atoms with Gasteiger partial charge in [-0.2, -0.15) is 0 Å². The van der Waals surface area contributed by atoms with Gasteiger partial charge in [-0.1, -0.05) is 75.8 Å². The molecular weight excluding hydrogens is 783 g/mol. The Labute approximate surface area is 365 Å². The standard InChI is InChI=1S/C46H79N5O10/c1-9-32-51(34-31-48-44(57)59-35-36-24-18-17-19-25-36)33-23-16-14-12-11-13-15-20-27-39(52)47-30-22-21-26-37(42(55)61-46(6,7)8)49-43(56)50-38(41(54)58-10-2)28-29-40(53)60-45(3,4)5/h17-19,24-25,37-38H,9-16,20-23,26-35H2,1-8H3,(H,47,52)(H,48,57)(H2,49,50,56)/t37-,38-/m0/s1. The average Bonchev–Trinajstić information content (AvgIpc) is 3.17. The third-order valence-electron chi connectivity index (χ3n) is 9.25. The zero-order valence-corrected chi connectivity index (χ0v) is 38.6. The van der Waals surface area contributed by atoms with E-state index >= 15 is 0 Å². The van der Waals surface area contributed by atoms with Crippen LogP contribution >= 0.6 is 0 Å². The van der Waals surface area contributed by atoms with E-state index in [1.54, 1.807) is 48.5 Å². The SMILES string of the molecule is CCCN(CCCCCCCCCCC(=O)NCCCC[C@H](NC(=O)N[C@@H](CCC(=O)OC(C)(C)C)C(=O)OCC)C(=O)OC(C)(C)C)CCNC(=O)OCc1ccccc1. The van der Waals surface area contributed by atoms with Gasteiger partial charge in [0.2, 0.25) is 5.91 Å². The summed E-state index contributed by atoms with van der Waals surface area (Å²) < 4.78 is 21.2. The van der Waals surface area contributed by atoms with Crippen LogP contribution in [-0.4, -0.2) is 103 Å². The van der Waals surface area contributed by atoms with E-state index in [1.165, 1.54) is 19.3 Å². The molecule has 1 rings (SSSR count). The zero-order chi connectivity index (χ0) is 45.5. The second-order valence-electron chi connectivity index (χ2n) is 17.4. The molecule has 0 aliphatic carbocycles. The van der Waals surface area contributed by atoms with Gasteiger partial charge in [-0.3, -0.25) is 9.59 Å². The number of carbonyl (C=O) groups is 6. The Bertz CT molecular complexity index is 1410. The van der Waals surface area contributed by atoms with Gasteiger partial charge < -0.3 is 45.1 Å². The number of carbonyl (C=O) groups excluding carboxylic acids is 6. The number of hydrogen-bond donors (Lipinski definition) is 4. The van der Waals surface area contributed by atoms with Crippen LogP contribution < -0.4 is 21.3 Å². The zero-order valence-electron chi connectivity index (χ0n) is 38.6. The fraction of sp³-hybridized carbons (Fsp3) is 0.739. The molecule has 348 valence electrons. The summed E-state index contributed by atoms with van der Waals surface area (Å²) in [6.45, 7) is 18.4. The van der Waals surface area contributed by atoms with Crippen LogP contribution in [0.5, 0.6) is 0 Å². The molecule has 0 fully saturated rings. The van der Waals surface area contributed by atoms with E-state index < -0.39 is 47.2 Å². The van der Waals surface area contributed by atoms with Crippen molar-refractivity contribution in [2.75, 3.05) is 39.3 Å². The molecule has 4 N–H and O–H groups in total. The molecule has 61 heavy (non-hydrogen) atoms. The predicted molar refractivity (Wildman–Crippen MR) is 237 cm³/mol. The summed E-state index contributed by atoms with van der Waals surface area (Å²) in [7, 11) is 0. The van der Waals surface area contributed by atoms with Crippen LogP contribution in [0.4, 0.5) is 9.59 Å². The summed E-state index contributed by atoms with van der Waals surface area (Å²) in [5.74, 6) is -1.85. The Morgan fingerprint density at radius 2 is 1.21 bits per heavy atom. The summed E-state index contributed by atoms with van der Waals surface area (Å²) in [4.78, 5) is 77.8. The van der Waals surface area contributed by atoms with Crippen LogP contribution in [0.1, 0.15) is 157 Å². The second-order valence-corrected chi connectivity index (χ2v) is 17.4.